The van der Waals surface area contributed by atoms with Crippen LogP contribution in [-0.2, 0) is 16.0 Å². The second kappa shape index (κ2) is 8.17. The number of hydrogen-bond acceptors (Lipinski definition) is 4. The van der Waals surface area contributed by atoms with E-state index < -0.39 is 0 Å². The van der Waals surface area contributed by atoms with Crippen LogP contribution in [0.1, 0.15) is 12.0 Å². The minimum absolute atomic E-state index is 0.168. The van der Waals surface area contributed by atoms with Crippen molar-refractivity contribution in [2.45, 2.75) is 12.8 Å². The molecule has 0 unspecified atom stereocenters. The summed E-state index contributed by atoms with van der Waals surface area (Å²) in [6, 6.07) is 6.07. The monoisotopic (exact) mass is 329 g/mol. The topological polar surface area (TPSA) is 38.8 Å². The number of methoxy groups -OCH3 is 2. The molecule has 0 N–H and O–H groups in total. The molecule has 0 saturated heterocycles. The van der Waals surface area contributed by atoms with Crippen molar-refractivity contribution in [2.24, 2.45) is 0 Å². The lowest BCUT2D eigenvalue weighted by Crippen LogP contribution is -2.24. The van der Waals surface area contributed by atoms with Gasteiger partial charge in [0.2, 0.25) is 0 Å². The zero-order valence-electron chi connectivity index (χ0n) is 11.6. The fourth-order valence-electron chi connectivity index (χ4n) is 1.68. The number of benzene rings is 1. The van der Waals surface area contributed by atoms with Crippen molar-refractivity contribution in [1.29, 1.82) is 0 Å². The molecule has 0 amide bonds. The first-order chi connectivity index (χ1) is 9.06. The van der Waals surface area contributed by atoms with Gasteiger partial charge in [-0.2, -0.15) is 0 Å². The fourth-order valence-corrected chi connectivity index (χ4v) is 2.27. The molecule has 1 aromatic carbocycles. The van der Waals surface area contributed by atoms with Crippen molar-refractivity contribution < 1.29 is 14.3 Å². The van der Waals surface area contributed by atoms with Gasteiger partial charge < -0.3 is 14.4 Å². The van der Waals surface area contributed by atoms with E-state index in [4.69, 9.17) is 4.74 Å². The molecular weight excluding hydrogens is 310 g/mol. The third-order valence-electron chi connectivity index (χ3n) is 2.92. The van der Waals surface area contributed by atoms with E-state index in [9.17, 15) is 4.79 Å². The van der Waals surface area contributed by atoms with Gasteiger partial charge >= 0.3 is 5.97 Å². The predicted octanol–water partition coefficient (Wildman–Crippen LogP) is 2.50. The zero-order valence-corrected chi connectivity index (χ0v) is 13.2. The molecule has 19 heavy (non-hydrogen) atoms. The Labute approximate surface area is 122 Å². The van der Waals surface area contributed by atoms with Crippen molar-refractivity contribution in [3.05, 3.63) is 28.2 Å². The average Bonchev–Trinajstić information content (AvgIpc) is 2.42. The molecule has 106 valence electrons. The van der Waals surface area contributed by atoms with E-state index >= 15 is 0 Å². The number of rotatable bonds is 7. The van der Waals surface area contributed by atoms with E-state index in [0.717, 1.165) is 23.2 Å². The molecule has 4 nitrogen and oxygen atoms in total. The van der Waals surface area contributed by atoms with Crippen LogP contribution in [0, 0.1) is 0 Å². The van der Waals surface area contributed by atoms with Crippen LogP contribution in [0.15, 0.2) is 22.7 Å². The van der Waals surface area contributed by atoms with Gasteiger partial charge in [-0.25, -0.2) is 0 Å². The summed E-state index contributed by atoms with van der Waals surface area (Å²) in [5, 5.41) is 0. The molecule has 5 heteroatoms. The number of carbonyl (C=O) groups is 1. The summed E-state index contributed by atoms with van der Waals surface area (Å²) in [5.41, 5.74) is 1.23. The molecule has 0 saturated carbocycles. The van der Waals surface area contributed by atoms with E-state index in [1.807, 2.05) is 13.1 Å². The summed E-state index contributed by atoms with van der Waals surface area (Å²) in [6.45, 7) is 1.61. The van der Waals surface area contributed by atoms with Crippen LogP contribution in [0.2, 0.25) is 0 Å². The summed E-state index contributed by atoms with van der Waals surface area (Å²) in [4.78, 5) is 13.2. The molecule has 0 fully saturated rings. The average molecular weight is 330 g/mol. The lowest BCUT2D eigenvalue weighted by molar-refractivity contribution is -0.140. The first-order valence-corrected chi connectivity index (χ1v) is 6.94. The van der Waals surface area contributed by atoms with Gasteiger partial charge in [-0.1, -0.05) is 6.07 Å². The molecule has 0 aliphatic carbocycles. The summed E-state index contributed by atoms with van der Waals surface area (Å²) in [7, 11) is 5.07. The molecule has 0 atom stereocenters. The Morgan fingerprint density at radius 1 is 1.32 bits per heavy atom. The van der Waals surface area contributed by atoms with Gasteiger partial charge in [-0.3, -0.25) is 4.79 Å². The summed E-state index contributed by atoms with van der Waals surface area (Å²) >= 11 is 3.47. The van der Waals surface area contributed by atoms with Crippen LogP contribution >= 0.6 is 15.9 Å². The lowest BCUT2D eigenvalue weighted by Gasteiger charge is -2.16. The van der Waals surface area contributed by atoms with E-state index in [0.29, 0.717) is 13.0 Å². The number of halogens is 1. The first kappa shape index (κ1) is 16.0. The quantitative estimate of drug-likeness (QED) is 0.720. The van der Waals surface area contributed by atoms with Crippen LogP contribution in [0.5, 0.6) is 5.75 Å². The van der Waals surface area contributed by atoms with Crippen molar-refractivity contribution in [3.63, 3.8) is 0 Å². The Morgan fingerprint density at radius 2 is 2.05 bits per heavy atom. The summed E-state index contributed by atoms with van der Waals surface area (Å²) in [6.07, 6.45) is 1.36. The number of likely N-dealkylation sites (N-methyl/N-ethyl adjacent to an activating group) is 1. The highest BCUT2D eigenvalue weighted by Crippen LogP contribution is 2.25. The number of carbonyl (C=O) groups excluding carboxylic acids is 1. The number of ether oxygens (including phenoxy) is 2. The van der Waals surface area contributed by atoms with Gasteiger partial charge in [-0.05, 0) is 47.1 Å². The predicted molar refractivity (Wildman–Crippen MR) is 78.5 cm³/mol. The maximum absolute atomic E-state index is 11.0. The molecule has 0 aliphatic heterocycles. The highest BCUT2D eigenvalue weighted by Gasteiger charge is 2.06. The molecule has 0 heterocycles. The van der Waals surface area contributed by atoms with E-state index in [1.165, 1.54) is 12.7 Å². The molecule has 0 spiro atoms. The van der Waals surface area contributed by atoms with Crippen LogP contribution in [0.25, 0.3) is 0 Å². The molecule has 0 bridgehead atoms. The minimum atomic E-state index is -0.168. The smallest absolute Gasteiger partial charge is 0.306 e. The second-order valence-corrected chi connectivity index (χ2v) is 5.20. The van der Waals surface area contributed by atoms with Crippen LogP contribution in [-0.4, -0.2) is 45.2 Å². The molecule has 0 aromatic heterocycles. The maximum Gasteiger partial charge on any atom is 0.306 e. The first-order valence-electron chi connectivity index (χ1n) is 6.14. The minimum Gasteiger partial charge on any atom is -0.496 e. The van der Waals surface area contributed by atoms with Crippen molar-refractivity contribution in [3.8, 4) is 5.75 Å². The second-order valence-electron chi connectivity index (χ2n) is 4.35. The van der Waals surface area contributed by atoms with Gasteiger partial charge in [0.15, 0.2) is 0 Å². The molecular formula is C14H20BrNO3. The highest BCUT2D eigenvalue weighted by molar-refractivity contribution is 9.10. The van der Waals surface area contributed by atoms with Gasteiger partial charge in [0.05, 0.1) is 25.1 Å². The van der Waals surface area contributed by atoms with Crippen LogP contribution in [0.4, 0.5) is 0 Å². The largest absolute Gasteiger partial charge is 0.496 e. The van der Waals surface area contributed by atoms with Crippen molar-refractivity contribution in [2.75, 3.05) is 34.4 Å². The molecule has 1 aromatic rings. The van der Waals surface area contributed by atoms with Gasteiger partial charge in [0, 0.05) is 13.1 Å². The lowest BCUT2D eigenvalue weighted by atomic mass is 10.1. The molecule has 1 rings (SSSR count). The van der Waals surface area contributed by atoms with Crippen LogP contribution in [0.3, 0.4) is 0 Å². The Morgan fingerprint density at radius 3 is 2.63 bits per heavy atom. The Hall–Kier alpha value is -1.07. The number of esters is 1. The van der Waals surface area contributed by atoms with E-state index in [2.05, 4.69) is 37.7 Å². The normalized spacial score (nSPS) is 10.6. The van der Waals surface area contributed by atoms with Crippen molar-refractivity contribution >= 4 is 21.9 Å². The third-order valence-corrected chi connectivity index (χ3v) is 3.54. The molecule has 0 radical (unpaired) electrons. The Kier molecular flexibility index (Phi) is 6.87. The van der Waals surface area contributed by atoms with E-state index in [1.54, 1.807) is 7.11 Å². The van der Waals surface area contributed by atoms with Gasteiger partial charge in [0.25, 0.3) is 0 Å². The third kappa shape index (κ3) is 5.61. The van der Waals surface area contributed by atoms with Gasteiger partial charge in [-0.15, -0.1) is 0 Å². The van der Waals surface area contributed by atoms with E-state index in [-0.39, 0.29) is 5.97 Å². The summed E-state index contributed by atoms with van der Waals surface area (Å²) in [5.74, 6) is 0.668. The Bertz CT molecular complexity index is 423. The number of hydrogen-bond donors (Lipinski definition) is 0. The number of nitrogens with zero attached hydrogens (tertiary/aromatic N) is 1. The van der Waals surface area contributed by atoms with Crippen molar-refractivity contribution in [1.82, 2.24) is 4.90 Å². The highest BCUT2D eigenvalue weighted by atomic mass is 79.9. The SMILES string of the molecule is COC(=O)CCN(C)CCc1ccc(OC)c(Br)c1. The summed E-state index contributed by atoms with van der Waals surface area (Å²) < 4.78 is 10.8. The van der Waals surface area contributed by atoms with Crippen LogP contribution < -0.4 is 4.74 Å². The fraction of sp³-hybridized carbons (Fsp3) is 0.500. The maximum atomic E-state index is 11.0. The molecule has 0 aliphatic rings. The zero-order chi connectivity index (χ0) is 14.3. The van der Waals surface area contributed by atoms with Gasteiger partial charge in [0.1, 0.15) is 5.75 Å². The standard InChI is InChI=1S/C14H20BrNO3/c1-16(9-7-14(17)19-3)8-6-11-4-5-13(18-2)12(15)10-11/h4-5,10H,6-9H2,1-3H3. The Balaban J connectivity index is 2.39.